The summed E-state index contributed by atoms with van der Waals surface area (Å²) in [6.45, 7) is 12.2. The second-order valence-electron chi connectivity index (χ2n) is 6.48. The Kier molecular flexibility index (Phi) is 4.73. The molecule has 0 saturated heterocycles. The predicted molar refractivity (Wildman–Crippen MR) is 74.7 cm³/mol. The van der Waals surface area contributed by atoms with Crippen LogP contribution in [0.4, 0.5) is 0 Å². The lowest BCUT2D eigenvalue weighted by Crippen LogP contribution is -2.40. The zero-order valence-corrected chi connectivity index (χ0v) is 12.9. The van der Waals surface area contributed by atoms with E-state index in [0.29, 0.717) is 5.78 Å². The first kappa shape index (κ1) is 14.6. The van der Waals surface area contributed by atoms with Gasteiger partial charge in [0.2, 0.25) is 0 Å². The Balaban J connectivity index is 2.25. The summed E-state index contributed by atoms with van der Waals surface area (Å²) >= 11 is 0. The molecule has 1 rings (SSSR count). The van der Waals surface area contributed by atoms with Crippen LogP contribution in [0, 0.1) is 0 Å². The Morgan fingerprint density at radius 1 is 1.29 bits per heavy atom. The maximum Gasteiger partial charge on any atom is 0.191 e. The third-order valence-corrected chi connectivity index (χ3v) is 8.51. The Bertz CT molecular complexity index is 311. The first-order valence-electron chi connectivity index (χ1n) is 6.58. The zero-order valence-electron chi connectivity index (χ0n) is 11.9. The van der Waals surface area contributed by atoms with Crippen molar-refractivity contribution in [1.82, 2.24) is 0 Å². The Labute approximate surface area is 107 Å². The van der Waals surface area contributed by atoms with Gasteiger partial charge in [-0.05, 0) is 43.5 Å². The number of carbonyl (C=O) groups is 1. The van der Waals surface area contributed by atoms with Gasteiger partial charge in [-0.25, -0.2) is 0 Å². The van der Waals surface area contributed by atoms with Crippen LogP contribution in [0.3, 0.4) is 0 Å². The highest BCUT2D eigenvalue weighted by Gasteiger charge is 2.36. The summed E-state index contributed by atoms with van der Waals surface area (Å²) in [6, 6.07) is 0. The van der Waals surface area contributed by atoms with E-state index in [1.165, 1.54) is 5.57 Å². The van der Waals surface area contributed by atoms with Gasteiger partial charge >= 0.3 is 0 Å². The molecule has 1 aliphatic carbocycles. The van der Waals surface area contributed by atoms with Gasteiger partial charge in [-0.15, -0.1) is 0 Å². The van der Waals surface area contributed by atoms with Crippen molar-refractivity contribution in [2.24, 2.45) is 0 Å². The number of carbonyl (C=O) groups excluding carboxylic acids is 1. The van der Waals surface area contributed by atoms with Gasteiger partial charge in [-0.1, -0.05) is 26.3 Å². The molecule has 3 heteroatoms. The molecular formula is C14H26O2Si. The summed E-state index contributed by atoms with van der Waals surface area (Å²) < 4.78 is 6.11. The molecule has 0 aromatic rings. The fraction of sp³-hybridized carbons (Fsp3) is 0.786. The Hall–Kier alpha value is -0.413. The molecule has 17 heavy (non-hydrogen) atoms. The van der Waals surface area contributed by atoms with Crippen LogP contribution < -0.4 is 0 Å². The van der Waals surface area contributed by atoms with E-state index in [9.17, 15) is 4.79 Å². The molecule has 98 valence electrons. The third-order valence-electron chi connectivity index (χ3n) is 3.97. The normalized spacial score (nSPS) is 17.5. The lowest BCUT2D eigenvalue weighted by molar-refractivity contribution is -0.114. The molecule has 0 unspecified atom stereocenters. The van der Waals surface area contributed by atoms with Crippen LogP contribution in [-0.4, -0.2) is 20.7 Å². The van der Waals surface area contributed by atoms with E-state index in [1.54, 1.807) is 0 Å². The van der Waals surface area contributed by atoms with Gasteiger partial charge in [0.05, 0.1) is 0 Å². The maximum atomic E-state index is 11.1. The minimum absolute atomic E-state index is 0.287. The smallest absolute Gasteiger partial charge is 0.191 e. The Morgan fingerprint density at radius 2 is 1.94 bits per heavy atom. The van der Waals surface area contributed by atoms with Gasteiger partial charge < -0.3 is 4.43 Å². The van der Waals surface area contributed by atoms with Crippen LogP contribution >= 0.6 is 0 Å². The van der Waals surface area contributed by atoms with Crippen molar-refractivity contribution in [3.05, 3.63) is 11.6 Å². The molecule has 0 atom stereocenters. The van der Waals surface area contributed by atoms with Gasteiger partial charge in [-0.3, -0.25) is 4.79 Å². The van der Waals surface area contributed by atoms with Crippen LogP contribution in [0.2, 0.25) is 18.1 Å². The largest absolute Gasteiger partial charge is 0.417 e. The standard InChI is InChI=1S/C14H26O2Si/c1-14(2,3)17(4,5)16-10-6-7-12-8-9-13(15)11-12/h11H,6-10H2,1-5H3. The number of hydrogen-bond donors (Lipinski definition) is 0. The molecule has 0 heterocycles. The highest BCUT2D eigenvalue weighted by atomic mass is 28.4. The van der Waals surface area contributed by atoms with Crippen molar-refractivity contribution >= 4 is 14.1 Å². The van der Waals surface area contributed by atoms with E-state index < -0.39 is 8.32 Å². The molecule has 0 aliphatic heterocycles. The van der Waals surface area contributed by atoms with Gasteiger partial charge in [0, 0.05) is 13.0 Å². The van der Waals surface area contributed by atoms with E-state index in [-0.39, 0.29) is 5.04 Å². The lowest BCUT2D eigenvalue weighted by atomic mass is 10.1. The minimum Gasteiger partial charge on any atom is -0.417 e. The van der Waals surface area contributed by atoms with Gasteiger partial charge in [-0.2, -0.15) is 0 Å². The maximum absolute atomic E-state index is 11.1. The van der Waals surface area contributed by atoms with E-state index in [2.05, 4.69) is 33.9 Å². The van der Waals surface area contributed by atoms with Crippen LogP contribution in [0.5, 0.6) is 0 Å². The molecule has 2 nitrogen and oxygen atoms in total. The third kappa shape index (κ3) is 4.40. The quantitative estimate of drug-likeness (QED) is 0.546. The average molecular weight is 254 g/mol. The summed E-state index contributed by atoms with van der Waals surface area (Å²) in [4.78, 5) is 11.1. The topological polar surface area (TPSA) is 26.3 Å². The minimum atomic E-state index is -1.58. The molecule has 0 fully saturated rings. The summed E-state index contributed by atoms with van der Waals surface area (Å²) in [5.74, 6) is 0.297. The van der Waals surface area contributed by atoms with E-state index in [1.807, 2.05) is 6.08 Å². The van der Waals surface area contributed by atoms with Crippen molar-refractivity contribution in [3.63, 3.8) is 0 Å². The lowest BCUT2D eigenvalue weighted by Gasteiger charge is -2.36. The van der Waals surface area contributed by atoms with Crippen molar-refractivity contribution in [1.29, 1.82) is 0 Å². The molecule has 0 spiro atoms. The van der Waals surface area contributed by atoms with Crippen LogP contribution in [0.1, 0.15) is 46.5 Å². The first-order valence-corrected chi connectivity index (χ1v) is 9.49. The van der Waals surface area contributed by atoms with Crippen LogP contribution in [-0.2, 0) is 9.22 Å². The summed E-state index contributed by atoms with van der Waals surface area (Å²) in [6.07, 6.45) is 5.59. The predicted octanol–water partition coefficient (Wildman–Crippen LogP) is 4.08. The Morgan fingerprint density at radius 3 is 2.41 bits per heavy atom. The first-order chi connectivity index (χ1) is 7.72. The molecule has 0 amide bonds. The van der Waals surface area contributed by atoms with Crippen LogP contribution in [0.25, 0.3) is 0 Å². The molecule has 0 aromatic carbocycles. The van der Waals surface area contributed by atoms with Crippen LogP contribution in [0.15, 0.2) is 11.6 Å². The average Bonchev–Trinajstić information content (AvgIpc) is 2.57. The summed E-state index contributed by atoms with van der Waals surface area (Å²) in [7, 11) is -1.58. The monoisotopic (exact) mass is 254 g/mol. The van der Waals surface area contributed by atoms with Gasteiger partial charge in [0.15, 0.2) is 14.1 Å². The second kappa shape index (κ2) is 5.49. The van der Waals surface area contributed by atoms with E-state index in [4.69, 9.17) is 4.43 Å². The molecule has 0 bridgehead atoms. The van der Waals surface area contributed by atoms with Crippen molar-refractivity contribution in [2.45, 2.75) is 64.6 Å². The fourth-order valence-electron chi connectivity index (χ4n) is 1.70. The molecule has 0 saturated carbocycles. The van der Waals surface area contributed by atoms with Gasteiger partial charge in [0.1, 0.15) is 0 Å². The number of hydrogen-bond acceptors (Lipinski definition) is 2. The SMILES string of the molecule is CC(C)(C)[Si](C)(C)OCCCC1=CC(=O)CC1. The molecule has 1 aliphatic rings. The second-order valence-corrected chi connectivity index (χ2v) is 11.3. The van der Waals surface area contributed by atoms with Gasteiger partial charge in [0.25, 0.3) is 0 Å². The number of allylic oxidation sites excluding steroid dienone is 2. The highest BCUT2D eigenvalue weighted by Crippen LogP contribution is 2.36. The zero-order chi connectivity index (χ0) is 13.1. The van der Waals surface area contributed by atoms with Crippen molar-refractivity contribution < 1.29 is 9.22 Å². The fourth-order valence-corrected chi connectivity index (χ4v) is 2.78. The molecule has 0 aromatic heterocycles. The molecule has 0 radical (unpaired) electrons. The highest BCUT2D eigenvalue weighted by molar-refractivity contribution is 6.74. The molecular weight excluding hydrogens is 228 g/mol. The number of ketones is 1. The summed E-state index contributed by atoms with van der Waals surface area (Å²) in [5.41, 5.74) is 1.31. The van der Waals surface area contributed by atoms with E-state index >= 15 is 0 Å². The van der Waals surface area contributed by atoms with Crippen molar-refractivity contribution in [3.8, 4) is 0 Å². The number of rotatable bonds is 5. The summed E-state index contributed by atoms with van der Waals surface area (Å²) in [5, 5.41) is 0.287. The van der Waals surface area contributed by atoms with Crippen molar-refractivity contribution in [2.75, 3.05) is 6.61 Å². The van der Waals surface area contributed by atoms with E-state index in [0.717, 1.165) is 32.3 Å². The molecule has 0 N–H and O–H groups in total.